The zero-order chi connectivity index (χ0) is 37.7. The summed E-state index contributed by atoms with van der Waals surface area (Å²) in [6.45, 7) is 4.63. The van der Waals surface area contributed by atoms with Crippen molar-refractivity contribution in [2.75, 3.05) is 23.9 Å². The van der Waals surface area contributed by atoms with Gasteiger partial charge >= 0.3 is 5.97 Å². The summed E-state index contributed by atoms with van der Waals surface area (Å²) in [5.41, 5.74) is 4.50. The first-order chi connectivity index (χ1) is 26.3. The van der Waals surface area contributed by atoms with Crippen molar-refractivity contribution in [3.05, 3.63) is 161 Å². The highest BCUT2D eigenvalue weighted by molar-refractivity contribution is 7.18. The number of methoxy groups -OCH3 is 1. The Hall–Kier alpha value is -5.80. The molecule has 6 aromatic rings. The molecule has 0 aliphatic heterocycles. The fourth-order valence-electron chi connectivity index (χ4n) is 7.62. The molecule has 0 atom stereocenters. The summed E-state index contributed by atoms with van der Waals surface area (Å²) < 4.78 is 7.01. The van der Waals surface area contributed by atoms with Gasteiger partial charge in [-0.15, -0.1) is 11.3 Å². The lowest BCUT2D eigenvalue weighted by Crippen LogP contribution is -2.38. The van der Waals surface area contributed by atoms with Crippen molar-refractivity contribution in [1.82, 2.24) is 9.78 Å². The van der Waals surface area contributed by atoms with Crippen LogP contribution in [0.3, 0.4) is 0 Å². The van der Waals surface area contributed by atoms with E-state index in [1.165, 1.54) is 18.4 Å². The zero-order valence-corrected chi connectivity index (χ0v) is 31.6. The molecule has 0 unspecified atom stereocenters. The van der Waals surface area contributed by atoms with Crippen LogP contribution in [0.25, 0.3) is 10.4 Å². The van der Waals surface area contributed by atoms with Crippen LogP contribution in [0.5, 0.6) is 0 Å². The second-order valence-electron chi connectivity index (χ2n) is 13.8. The fourth-order valence-corrected chi connectivity index (χ4v) is 8.70. The normalized spacial score (nSPS) is 15.7. The Kier molecular flexibility index (Phi) is 10.9. The highest BCUT2D eigenvalue weighted by Gasteiger charge is 2.39. The molecule has 0 radical (unpaired) electrons. The van der Waals surface area contributed by atoms with Crippen LogP contribution in [0.2, 0.25) is 0 Å². The monoisotopic (exact) mass is 736 g/mol. The molecule has 2 aromatic heterocycles. The van der Waals surface area contributed by atoms with E-state index in [-0.39, 0.29) is 23.4 Å². The Morgan fingerprint density at radius 1 is 0.815 bits per heavy atom. The van der Waals surface area contributed by atoms with Crippen LogP contribution in [0.15, 0.2) is 134 Å². The van der Waals surface area contributed by atoms with Crippen molar-refractivity contribution in [2.45, 2.75) is 45.1 Å². The molecule has 1 aliphatic rings. The molecule has 0 saturated heterocycles. The second-order valence-corrected chi connectivity index (χ2v) is 14.9. The van der Waals surface area contributed by atoms with Gasteiger partial charge in [0, 0.05) is 29.2 Å². The zero-order valence-electron chi connectivity index (χ0n) is 30.8. The molecule has 2 heterocycles. The maximum Gasteiger partial charge on any atom is 0.350 e. The van der Waals surface area contributed by atoms with Crippen LogP contribution in [0, 0.1) is 11.8 Å². The first kappa shape index (κ1) is 36.6. The van der Waals surface area contributed by atoms with Crippen molar-refractivity contribution in [3.63, 3.8) is 0 Å². The molecule has 0 bridgehead atoms. The summed E-state index contributed by atoms with van der Waals surface area (Å²) in [5.74, 6) is -0.163. The van der Waals surface area contributed by atoms with Gasteiger partial charge < -0.3 is 15.0 Å². The smallest absolute Gasteiger partial charge is 0.350 e. The number of anilines is 2. The first-order valence-corrected chi connectivity index (χ1v) is 19.3. The molecule has 4 aromatic carbocycles. The van der Waals surface area contributed by atoms with Gasteiger partial charge in [0.25, 0.3) is 5.91 Å². The second kappa shape index (κ2) is 16.1. The molecular weight excluding hydrogens is 693 g/mol. The minimum Gasteiger partial charge on any atom is -0.465 e. The average molecular weight is 737 g/mol. The molecule has 274 valence electrons. The number of nitrogens with one attached hydrogen (secondary N) is 1. The molecule has 0 spiro atoms. The van der Waals surface area contributed by atoms with E-state index in [1.54, 1.807) is 11.0 Å². The van der Waals surface area contributed by atoms with E-state index in [2.05, 4.69) is 48.6 Å². The van der Waals surface area contributed by atoms with Crippen molar-refractivity contribution in [3.8, 4) is 10.4 Å². The van der Waals surface area contributed by atoms with Crippen molar-refractivity contribution in [1.29, 1.82) is 0 Å². The lowest BCUT2D eigenvalue weighted by atomic mass is 9.77. The van der Waals surface area contributed by atoms with E-state index < -0.39 is 11.5 Å². The third-order valence-corrected chi connectivity index (χ3v) is 11.6. The number of aromatic nitrogens is 2. The van der Waals surface area contributed by atoms with Crippen LogP contribution in [-0.2, 0) is 15.1 Å². The van der Waals surface area contributed by atoms with Crippen molar-refractivity contribution >= 4 is 40.5 Å². The number of esters is 1. The summed E-state index contributed by atoms with van der Waals surface area (Å²) in [7, 11) is 1.36. The lowest BCUT2D eigenvalue weighted by Gasteiger charge is -2.36. The highest BCUT2D eigenvalue weighted by Crippen LogP contribution is 2.41. The van der Waals surface area contributed by atoms with Crippen LogP contribution in [-0.4, -0.2) is 41.2 Å². The van der Waals surface area contributed by atoms with Gasteiger partial charge in [-0.25, -0.2) is 4.79 Å². The largest absolute Gasteiger partial charge is 0.465 e. The molecule has 1 aliphatic carbocycles. The molecule has 1 fully saturated rings. The number of ether oxygens (including phenoxy) is 1. The molecule has 8 nitrogen and oxygen atoms in total. The molecule has 9 heteroatoms. The molecular formula is C45H44N4O4S. The van der Waals surface area contributed by atoms with Gasteiger partial charge in [0.05, 0.1) is 12.8 Å². The van der Waals surface area contributed by atoms with Gasteiger partial charge in [0.2, 0.25) is 5.91 Å². The Morgan fingerprint density at radius 2 is 1.37 bits per heavy atom. The number of carbonyl (C=O) groups excluding carboxylic acids is 3. The number of carbonyl (C=O) groups is 3. The maximum atomic E-state index is 13.7. The van der Waals surface area contributed by atoms with E-state index in [0.717, 1.165) is 52.8 Å². The molecule has 2 amide bonds. The number of nitrogens with zero attached hydrogens (tertiary/aromatic N) is 3. The number of rotatable bonds is 11. The van der Waals surface area contributed by atoms with E-state index in [9.17, 15) is 14.4 Å². The van der Waals surface area contributed by atoms with E-state index in [4.69, 9.17) is 9.84 Å². The van der Waals surface area contributed by atoms with Gasteiger partial charge in [0.1, 0.15) is 10.4 Å². The predicted octanol–water partition coefficient (Wildman–Crippen LogP) is 9.67. The third-order valence-electron chi connectivity index (χ3n) is 10.5. The Morgan fingerprint density at radius 3 is 1.89 bits per heavy atom. The van der Waals surface area contributed by atoms with Gasteiger partial charge in [0.15, 0.2) is 5.69 Å². The summed E-state index contributed by atoms with van der Waals surface area (Å²) in [4.78, 5) is 43.4. The molecule has 54 heavy (non-hydrogen) atoms. The number of hydrogen-bond donors (Lipinski definition) is 1. The Labute approximate surface area is 320 Å². The van der Waals surface area contributed by atoms with Crippen LogP contribution >= 0.6 is 11.3 Å². The average Bonchev–Trinajstić information content (AvgIpc) is 3.89. The van der Waals surface area contributed by atoms with Crippen LogP contribution < -0.4 is 10.2 Å². The third kappa shape index (κ3) is 7.11. The Bertz CT molecular complexity index is 2110. The van der Waals surface area contributed by atoms with E-state index in [0.29, 0.717) is 28.7 Å². The minimum atomic E-state index is -0.834. The predicted molar refractivity (Wildman–Crippen MR) is 215 cm³/mol. The minimum absolute atomic E-state index is 0.0456. The highest BCUT2D eigenvalue weighted by atomic mass is 32.1. The molecule has 7 rings (SSSR count). The standard InChI is InChI=1S/C45H44N4O4S/c1-4-48(43(51)33-22-20-31(2)21-23-33)39-30-40(54-41(39)44(52)53-3)32-24-26-37(27-25-32)46-42(50)38-28-29-49(47-38)45(34-14-8-5-9-15-34,35-16-10-6-11-17-35)36-18-12-7-13-19-36/h5-19,24-31,33H,4,20-23H2,1-3H3,(H,46,50)/t31-,33-. The maximum absolute atomic E-state index is 13.7. The van der Waals surface area contributed by atoms with E-state index >= 15 is 0 Å². The lowest BCUT2D eigenvalue weighted by molar-refractivity contribution is -0.123. The molecule has 1 saturated carbocycles. The fraction of sp³-hybridized carbons (Fsp3) is 0.244. The van der Waals surface area contributed by atoms with Gasteiger partial charge in [-0.2, -0.15) is 5.10 Å². The number of benzene rings is 4. The quantitative estimate of drug-likeness (QED) is 0.106. The molecule has 1 N–H and O–H groups in total. The van der Waals surface area contributed by atoms with Crippen LogP contribution in [0.4, 0.5) is 11.4 Å². The summed E-state index contributed by atoms with van der Waals surface area (Å²) in [5, 5.41) is 7.92. The van der Waals surface area contributed by atoms with Gasteiger partial charge in [-0.3, -0.25) is 14.3 Å². The van der Waals surface area contributed by atoms with Gasteiger partial charge in [-0.05, 0) is 85.0 Å². The van der Waals surface area contributed by atoms with Crippen molar-refractivity contribution in [2.24, 2.45) is 11.8 Å². The SMILES string of the molecule is CCN(c1cc(-c2ccc(NC(=O)c3ccn(C(c4ccccc4)(c4ccccc4)c4ccccc4)n3)cc2)sc1C(=O)OC)C(=O)[C@H]1CC[C@H](C)CC1. The van der Waals surface area contributed by atoms with E-state index in [1.807, 2.05) is 103 Å². The summed E-state index contributed by atoms with van der Waals surface area (Å²) in [6, 6.07) is 41.7. The topological polar surface area (TPSA) is 93.5 Å². The van der Waals surface area contributed by atoms with Crippen LogP contribution in [0.1, 0.15) is 76.4 Å². The first-order valence-electron chi connectivity index (χ1n) is 18.5. The summed E-state index contributed by atoms with van der Waals surface area (Å²) in [6.07, 6.45) is 5.66. The number of amides is 2. The number of thiophene rings is 1. The van der Waals surface area contributed by atoms with Gasteiger partial charge in [-0.1, -0.05) is 110 Å². The Balaban J connectivity index is 1.15. The summed E-state index contributed by atoms with van der Waals surface area (Å²) >= 11 is 1.30. The number of hydrogen-bond acceptors (Lipinski definition) is 6. The van der Waals surface area contributed by atoms with Crippen molar-refractivity contribution < 1.29 is 19.1 Å².